The third-order valence-electron chi connectivity index (χ3n) is 2.76. The van der Waals surface area contributed by atoms with Crippen molar-refractivity contribution < 1.29 is 9.53 Å². The SMILES string of the molecule is CC(C)Oc1ccc(NC(=O)Cc2cccc(Br)c2)cc1. The molecule has 0 unspecified atom stereocenters. The van der Waals surface area contributed by atoms with E-state index in [1.165, 1.54) is 0 Å². The minimum atomic E-state index is -0.0365. The van der Waals surface area contributed by atoms with Gasteiger partial charge in [0.05, 0.1) is 12.5 Å². The molecule has 21 heavy (non-hydrogen) atoms. The van der Waals surface area contributed by atoms with E-state index in [0.29, 0.717) is 6.42 Å². The van der Waals surface area contributed by atoms with Gasteiger partial charge in [0.15, 0.2) is 0 Å². The van der Waals surface area contributed by atoms with Gasteiger partial charge in [-0.2, -0.15) is 0 Å². The highest BCUT2D eigenvalue weighted by atomic mass is 79.9. The van der Waals surface area contributed by atoms with Gasteiger partial charge in [0.25, 0.3) is 0 Å². The number of carbonyl (C=O) groups is 1. The number of carbonyl (C=O) groups excluding carboxylic acids is 1. The van der Waals surface area contributed by atoms with Crippen LogP contribution in [0.4, 0.5) is 5.69 Å². The van der Waals surface area contributed by atoms with Crippen molar-refractivity contribution in [2.75, 3.05) is 5.32 Å². The first kappa shape index (κ1) is 15.6. The molecule has 0 saturated heterocycles. The molecule has 3 nitrogen and oxygen atoms in total. The fraction of sp³-hybridized carbons (Fsp3) is 0.235. The number of ether oxygens (including phenoxy) is 1. The molecule has 0 aliphatic carbocycles. The molecule has 2 rings (SSSR count). The Kier molecular flexibility index (Phi) is 5.39. The molecule has 1 N–H and O–H groups in total. The summed E-state index contributed by atoms with van der Waals surface area (Å²) in [5.41, 5.74) is 1.74. The molecule has 1 amide bonds. The Morgan fingerprint density at radius 2 is 1.90 bits per heavy atom. The molecule has 2 aromatic rings. The summed E-state index contributed by atoms with van der Waals surface area (Å²) in [6.07, 6.45) is 0.492. The van der Waals surface area contributed by atoms with E-state index in [0.717, 1.165) is 21.5 Å². The number of hydrogen-bond donors (Lipinski definition) is 1. The van der Waals surface area contributed by atoms with Gasteiger partial charge in [0.2, 0.25) is 5.91 Å². The van der Waals surface area contributed by atoms with Crippen molar-refractivity contribution in [3.63, 3.8) is 0 Å². The molecule has 0 aromatic heterocycles. The monoisotopic (exact) mass is 347 g/mol. The molecule has 0 radical (unpaired) electrons. The van der Waals surface area contributed by atoms with Crippen molar-refractivity contribution in [2.45, 2.75) is 26.4 Å². The van der Waals surface area contributed by atoms with Gasteiger partial charge in [-0.15, -0.1) is 0 Å². The Bertz CT molecular complexity index is 608. The lowest BCUT2D eigenvalue weighted by molar-refractivity contribution is -0.115. The zero-order valence-corrected chi connectivity index (χ0v) is 13.7. The van der Waals surface area contributed by atoms with Gasteiger partial charge in [0.1, 0.15) is 5.75 Å². The lowest BCUT2D eigenvalue weighted by Crippen LogP contribution is -2.14. The normalized spacial score (nSPS) is 10.5. The Labute approximate surface area is 133 Å². The zero-order chi connectivity index (χ0) is 15.2. The summed E-state index contributed by atoms with van der Waals surface area (Å²) in [6.45, 7) is 3.96. The van der Waals surface area contributed by atoms with Crippen LogP contribution in [0.1, 0.15) is 19.4 Å². The second kappa shape index (κ2) is 7.27. The molecule has 0 atom stereocenters. The predicted molar refractivity (Wildman–Crippen MR) is 88.7 cm³/mol. The van der Waals surface area contributed by atoms with E-state index in [9.17, 15) is 4.79 Å². The molecular formula is C17H18BrNO2. The number of benzene rings is 2. The predicted octanol–water partition coefficient (Wildman–Crippen LogP) is 4.42. The van der Waals surface area contributed by atoms with Gasteiger partial charge in [-0.3, -0.25) is 4.79 Å². The Balaban J connectivity index is 1.93. The van der Waals surface area contributed by atoms with Gasteiger partial charge < -0.3 is 10.1 Å². The summed E-state index contributed by atoms with van der Waals surface area (Å²) >= 11 is 3.40. The fourth-order valence-corrected chi connectivity index (χ4v) is 2.37. The highest BCUT2D eigenvalue weighted by Crippen LogP contribution is 2.17. The van der Waals surface area contributed by atoms with Crippen molar-refractivity contribution in [1.82, 2.24) is 0 Å². The Hall–Kier alpha value is -1.81. The second-order valence-electron chi connectivity index (χ2n) is 5.05. The van der Waals surface area contributed by atoms with Crippen LogP contribution in [-0.4, -0.2) is 12.0 Å². The molecule has 0 spiro atoms. The summed E-state index contributed by atoms with van der Waals surface area (Å²) in [5, 5.41) is 2.88. The van der Waals surface area contributed by atoms with Gasteiger partial charge in [-0.25, -0.2) is 0 Å². The minimum Gasteiger partial charge on any atom is -0.491 e. The molecule has 0 heterocycles. The highest BCUT2D eigenvalue weighted by Gasteiger charge is 2.05. The maximum absolute atomic E-state index is 12.0. The van der Waals surface area contributed by atoms with Crippen LogP contribution in [0, 0.1) is 0 Å². The average molecular weight is 348 g/mol. The number of halogens is 1. The quantitative estimate of drug-likeness (QED) is 0.869. The first-order valence-electron chi connectivity index (χ1n) is 6.84. The molecular weight excluding hydrogens is 330 g/mol. The third-order valence-corrected chi connectivity index (χ3v) is 3.26. The molecule has 0 aliphatic heterocycles. The maximum atomic E-state index is 12.0. The van der Waals surface area contributed by atoms with Crippen LogP contribution in [0.5, 0.6) is 5.75 Å². The van der Waals surface area contributed by atoms with Crippen LogP contribution in [0.2, 0.25) is 0 Å². The molecule has 0 fully saturated rings. The summed E-state index contributed by atoms with van der Waals surface area (Å²) in [6, 6.07) is 15.1. The average Bonchev–Trinajstić information content (AvgIpc) is 2.40. The van der Waals surface area contributed by atoms with Crippen LogP contribution in [-0.2, 0) is 11.2 Å². The van der Waals surface area contributed by atoms with E-state index in [4.69, 9.17) is 4.74 Å². The van der Waals surface area contributed by atoms with Crippen LogP contribution in [0.3, 0.4) is 0 Å². The lowest BCUT2D eigenvalue weighted by Gasteiger charge is -2.10. The van der Waals surface area contributed by atoms with E-state index in [1.807, 2.05) is 62.4 Å². The summed E-state index contributed by atoms with van der Waals surface area (Å²) < 4.78 is 6.54. The van der Waals surface area contributed by atoms with Gasteiger partial charge in [-0.1, -0.05) is 28.1 Å². The first-order chi connectivity index (χ1) is 10.0. The zero-order valence-electron chi connectivity index (χ0n) is 12.1. The smallest absolute Gasteiger partial charge is 0.228 e. The molecule has 2 aromatic carbocycles. The molecule has 4 heteroatoms. The van der Waals surface area contributed by atoms with E-state index < -0.39 is 0 Å². The van der Waals surface area contributed by atoms with Crippen molar-refractivity contribution in [3.8, 4) is 5.75 Å². The molecule has 0 saturated carbocycles. The molecule has 0 aliphatic rings. The van der Waals surface area contributed by atoms with Crippen molar-refractivity contribution in [3.05, 3.63) is 58.6 Å². The maximum Gasteiger partial charge on any atom is 0.228 e. The minimum absolute atomic E-state index is 0.0365. The second-order valence-corrected chi connectivity index (χ2v) is 5.96. The first-order valence-corrected chi connectivity index (χ1v) is 7.63. The van der Waals surface area contributed by atoms with Gasteiger partial charge in [-0.05, 0) is 55.8 Å². The van der Waals surface area contributed by atoms with E-state index in [2.05, 4.69) is 21.2 Å². The summed E-state index contributed by atoms with van der Waals surface area (Å²) in [4.78, 5) is 12.0. The number of nitrogens with one attached hydrogen (secondary N) is 1. The fourth-order valence-electron chi connectivity index (χ4n) is 1.93. The lowest BCUT2D eigenvalue weighted by atomic mass is 10.1. The summed E-state index contributed by atoms with van der Waals surface area (Å²) in [7, 11) is 0. The van der Waals surface area contributed by atoms with Crippen molar-refractivity contribution in [1.29, 1.82) is 0 Å². The van der Waals surface area contributed by atoms with Crippen LogP contribution in [0.15, 0.2) is 53.0 Å². The summed E-state index contributed by atoms with van der Waals surface area (Å²) in [5.74, 6) is 0.764. The van der Waals surface area contributed by atoms with Crippen molar-refractivity contribution in [2.24, 2.45) is 0 Å². The molecule has 0 bridgehead atoms. The molecule has 110 valence electrons. The Morgan fingerprint density at radius 1 is 1.19 bits per heavy atom. The Morgan fingerprint density at radius 3 is 2.52 bits per heavy atom. The van der Waals surface area contributed by atoms with Crippen LogP contribution < -0.4 is 10.1 Å². The van der Waals surface area contributed by atoms with E-state index >= 15 is 0 Å². The van der Waals surface area contributed by atoms with Gasteiger partial charge in [0, 0.05) is 10.2 Å². The number of anilines is 1. The third kappa shape index (κ3) is 5.23. The van der Waals surface area contributed by atoms with E-state index in [1.54, 1.807) is 0 Å². The van der Waals surface area contributed by atoms with Crippen molar-refractivity contribution >= 4 is 27.5 Å². The standard InChI is InChI=1S/C17H18BrNO2/c1-12(2)21-16-8-6-15(7-9-16)19-17(20)11-13-4-3-5-14(18)10-13/h3-10,12H,11H2,1-2H3,(H,19,20). The largest absolute Gasteiger partial charge is 0.491 e. The number of hydrogen-bond acceptors (Lipinski definition) is 2. The number of amides is 1. The van der Waals surface area contributed by atoms with Gasteiger partial charge >= 0.3 is 0 Å². The van der Waals surface area contributed by atoms with Crippen LogP contribution in [0.25, 0.3) is 0 Å². The van der Waals surface area contributed by atoms with E-state index in [-0.39, 0.29) is 12.0 Å². The highest BCUT2D eigenvalue weighted by molar-refractivity contribution is 9.10. The topological polar surface area (TPSA) is 38.3 Å². The number of rotatable bonds is 5. The van der Waals surface area contributed by atoms with Crippen LogP contribution >= 0.6 is 15.9 Å².